The van der Waals surface area contributed by atoms with Crippen molar-refractivity contribution < 1.29 is 23.8 Å². The maximum Gasteiger partial charge on any atom is 0.349 e. The third-order valence-corrected chi connectivity index (χ3v) is 6.01. The van der Waals surface area contributed by atoms with Crippen LogP contribution in [0.5, 0.6) is 5.75 Å². The van der Waals surface area contributed by atoms with Crippen LogP contribution in [0.3, 0.4) is 0 Å². The van der Waals surface area contributed by atoms with Gasteiger partial charge in [-0.25, -0.2) is 4.79 Å². The van der Waals surface area contributed by atoms with Crippen LogP contribution >= 0.6 is 31.9 Å². The van der Waals surface area contributed by atoms with Crippen molar-refractivity contribution in [3.05, 3.63) is 50.9 Å². The van der Waals surface area contributed by atoms with Gasteiger partial charge in [-0.05, 0) is 67.3 Å². The van der Waals surface area contributed by atoms with Crippen molar-refractivity contribution in [3.63, 3.8) is 0 Å². The third kappa shape index (κ3) is 3.57. The van der Waals surface area contributed by atoms with Gasteiger partial charge in [0.25, 0.3) is 6.29 Å². The van der Waals surface area contributed by atoms with Gasteiger partial charge in [0, 0.05) is 0 Å². The third-order valence-electron chi connectivity index (χ3n) is 3.96. The summed E-state index contributed by atoms with van der Waals surface area (Å²) in [5, 5.41) is 2.01. The summed E-state index contributed by atoms with van der Waals surface area (Å²) in [7, 11) is 1.62. The van der Waals surface area contributed by atoms with Gasteiger partial charge < -0.3 is 14.2 Å². The lowest BCUT2D eigenvalue weighted by Crippen LogP contribution is -2.23. The minimum Gasteiger partial charge on any atom is -0.497 e. The molecular weight excluding hydrogens is 456 g/mol. The second-order valence-corrected chi connectivity index (χ2v) is 7.18. The summed E-state index contributed by atoms with van der Waals surface area (Å²) in [5.74, 6) is -0.787. The highest BCUT2D eigenvalue weighted by molar-refractivity contribution is 9.14. The van der Waals surface area contributed by atoms with Gasteiger partial charge in [0.15, 0.2) is 0 Å². The minimum absolute atomic E-state index is 0.220. The molecule has 0 N–H and O–H groups in total. The Morgan fingerprint density at radius 3 is 2.48 bits per heavy atom. The highest BCUT2D eigenvalue weighted by Gasteiger charge is 2.35. The van der Waals surface area contributed by atoms with Crippen LogP contribution in [0, 0.1) is 0 Å². The van der Waals surface area contributed by atoms with Crippen molar-refractivity contribution in [2.24, 2.45) is 0 Å². The molecule has 1 aliphatic heterocycles. The van der Waals surface area contributed by atoms with Gasteiger partial charge in [-0.3, -0.25) is 4.79 Å². The van der Waals surface area contributed by atoms with Crippen LogP contribution in [0.2, 0.25) is 0 Å². The number of cyclic esters (lactones) is 1. The number of ether oxygens (including phenoxy) is 3. The molecule has 0 aliphatic carbocycles. The molecule has 5 nitrogen and oxygen atoms in total. The molecule has 2 atom stereocenters. The van der Waals surface area contributed by atoms with Crippen LogP contribution < -0.4 is 4.74 Å². The maximum atomic E-state index is 12.4. The van der Waals surface area contributed by atoms with Gasteiger partial charge in [-0.1, -0.05) is 24.3 Å². The minimum atomic E-state index is -1.05. The zero-order valence-electron chi connectivity index (χ0n) is 13.4. The Morgan fingerprint density at radius 1 is 1.16 bits per heavy atom. The van der Waals surface area contributed by atoms with Gasteiger partial charge in [0.1, 0.15) is 10.2 Å². The zero-order chi connectivity index (χ0) is 18.1. The lowest BCUT2D eigenvalue weighted by Gasteiger charge is -2.16. The second kappa shape index (κ2) is 7.17. The van der Waals surface area contributed by atoms with Crippen molar-refractivity contribution in [2.75, 3.05) is 7.11 Å². The fourth-order valence-electron chi connectivity index (χ4n) is 2.46. The molecule has 25 heavy (non-hydrogen) atoms. The SMILES string of the molecule is COc1ccc2cc([C@H](C)C(=O)O[C@@H]3OC(=O)C(Br)=C3Br)ccc2c1. The van der Waals surface area contributed by atoms with E-state index in [-0.39, 0.29) is 4.48 Å². The normalized spacial score (nSPS) is 18.2. The fraction of sp³-hybridized carbons (Fsp3) is 0.222. The Balaban J connectivity index is 1.78. The lowest BCUT2D eigenvalue weighted by molar-refractivity contribution is -0.174. The molecule has 0 amide bonds. The molecule has 1 heterocycles. The van der Waals surface area contributed by atoms with E-state index in [2.05, 4.69) is 31.9 Å². The number of fused-ring (bicyclic) bond motifs is 1. The van der Waals surface area contributed by atoms with E-state index in [1.807, 2.05) is 36.4 Å². The number of hydrogen-bond donors (Lipinski definition) is 0. The number of halogens is 2. The summed E-state index contributed by atoms with van der Waals surface area (Å²) >= 11 is 6.27. The number of carbonyl (C=O) groups is 2. The van der Waals surface area contributed by atoms with Crippen LogP contribution in [-0.2, 0) is 19.1 Å². The van der Waals surface area contributed by atoms with E-state index in [0.29, 0.717) is 4.48 Å². The molecule has 0 bridgehead atoms. The molecule has 0 radical (unpaired) electrons. The van der Waals surface area contributed by atoms with E-state index in [4.69, 9.17) is 14.2 Å². The van der Waals surface area contributed by atoms with Crippen LogP contribution in [0.4, 0.5) is 0 Å². The molecule has 0 unspecified atom stereocenters. The predicted octanol–water partition coefficient (Wildman–Crippen LogP) is 4.38. The van der Waals surface area contributed by atoms with Crippen molar-refractivity contribution in [1.29, 1.82) is 0 Å². The summed E-state index contributed by atoms with van der Waals surface area (Å²) in [5.41, 5.74) is 0.811. The first kappa shape index (κ1) is 17.9. The molecule has 1 aliphatic rings. The first-order valence-corrected chi connectivity index (χ1v) is 9.03. The molecule has 2 aromatic rings. The first-order valence-electron chi connectivity index (χ1n) is 7.45. The Hall–Kier alpha value is -1.86. The Morgan fingerprint density at radius 2 is 1.84 bits per heavy atom. The van der Waals surface area contributed by atoms with Crippen LogP contribution in [0.15, 0.2) is 45.4 Å². The molecule has 0 saturated carbocycles. The zero-order valence-corrected chi connectivity index (χ0v) is 16.6. The van der Waals surface area contributed by atoms with E-state index in [9.17, 15) is 9.59 Å². The summed E-state index contributed by atoms with van der Waals surface area (Å²) in [6, 6.07) is 11.5. The average Bonchev–Trinajstić information content (AvgIpc) is 2.86. The van der Waals surface area contributed by atoms with E-state index >= 15 is 0 Å². The van der Waals surface area contributed by atoms with Crippen molar-refractivity contribution in [2.45, 2.75) is 19.1 Å². The van der Waals surface area contributed by atoms with E-state index in [0.717, 1.165) is 22.1 Å². The summed E-state index contributed by atoms with van der Waals surface area (Å²) in [4.78, 5) is 23.9. The van der Waals surface area contributed by atoms with Crippen LogP contribution in [0.1, 0.15) is 18.4 Å². The molecule has 0 spiro atoms. The highest BCUT2D eigenvalue weighted by Crippen LogP contribution is 2.33. The van der Waals surface area contributed by atoms with Gasteiger partial charge in [-0.15, -0.1) is 0 Å². The maximum absolute atomic E-state index is 12.4. The molecular formula is C18H14Br2O5. The number of hydrogen-bond acceptors (Lipinski definition) is 5. The topological polar surface area (TPSA) is 61.8 Å². The Kier molecular flexibility index (Phi) is 5.15. The molecule has 7 heteroatoms. The number of carbonyl (C=O) groups excluding carboxylic acids is 2. The van der Waals surface area contributed by atoms with Crippen LogP contribution in [-0.4, -0.2) is 25.3 Å². The molecule has 130 valence electrons. The molecule has 3 rings (SSSR count). The molecule has 0 fully saturated rings. The lowest BCUT2D eigenvalue weighted by atomic mass is 9.98. The van der Waals surface area contributed by atoms with Gasteiger partial charge >= 0.3 is 11.9 Å². The molecule has 2 aromatic carbocycles. The van der Waals surface area contributed by atoms with Gasteiger partial charge in [0.05, 0.1) is 17.5 Å². The largest absolute Gasteiger partial charge is 0.497 e. The highest BCUT2D eigenvalue weighted by atomic mass is 79.9. The smallest absolute Gasteiger partial charge is 0.349 e. The van der Waals surface area contributed by atoms with E-state index < -0.39 is 24.1 Å². The van der Waals surface area contributed by atoms with Crippen molar-refractivity contribution in [3.8, 4) is 5.75 Å². The number of benzene rings is 2. The van der Waals surface area contributed by atoms with Gasteiger partial charge in [-0.2, -0.15) is 0 Å². The van der Waals surface area contributed by atoms with Crippen LogP contribution in [0.25, 0.3) is 10.8 Å². The second-order valence-electron chi connectivity index (χ2n) is 5.53. The molecule has 0 saturated heterocycles. The number of methoxy groups -OCH3 is 1. The number of rotatable bonds is 4. The summed E-state index contributed by atoms with van der Waals surface area (Å²) in [6.45, 7) is 1.75. The van der Waals surface area contributed by atoms with Crippen molar-refractivity contribution >= 4 is 54.6 Å². The molecule has 0 aromatic heterocycles. The van der Waals surface area contributed by atoms with Crippen molar-refractivity contribution in [1.82, 2.24) is 0 Å². The quantitative estimate of drug-likeness (QED) is 0.622. The van der Waals surface area contributed by atoms with E-state index in [1.165, 1.54) is 0 Å². The predicted molar refractivity (Wildman–Crippen MR) is 99.8 cm³/mol. The summed E-state index contributed by atoms with van der Waals surface area (Å²) < 4.78 is 16.1. The van der Waals surface area contributed by atoms with Gasteiger partial charge in [0.2, 0.25) is 0 Å². The van der Waals surface area contributed by atoms with E-state index in [1.54, 1.807) is 14.0 Å². The average molecular weight is 470 g/mol. The standard InChI is InChI=1S/C18H14Br2O5/c1-9(16(21)24-18-15(20)14(19)17(22)25-18)10-3-4-12-8-13(23-2)6-5-11(12)7-10/h3-9,18H,1-2H3/t9-,18+/m0/s1. The first-order chi connectivity index (χ1) is 11.9. The summed E-state index contributed by atoms with van der Waals surface area (Å²) in [6.07, 6.45) is -1.05. The Labute approximate surface area is 161 Å². The fourth-order valence-corrected chi connectivity index (χ4v) is 3.09. The monoisotopic (exact) mass is 468 g/mol. The number of esters is 2. The Bertz CT molecular complexity index is 890.